The highest BCUT2D eigenvalue weighted by Gasteiger charge is 2.52. The van der Waals surface area contributed by atoms with Gasteiger partial charge in [0.05, 0.1) is 13.2 Å². The highest BCUT2D eigenvalue weighted by Crippen LogP contribution is 2.34. The van der Waals surface area contributed by atoms with Crippen molar-refractivity contribution in [1.82, 2.24) is 0 Å². The maximum Gasteiger partial charge on any atom is 0.311 e. The summed E-state index contributed by atoms with van der Waals surface area (Å²) in [5.41, 5.74) is 0. The number of rotatable bonds is 2. The second-order valence-electron chi connectivity index (χ2n) is 3.49. The molecule has 0 amide bonds. The van der Waals surface area contributed by atoms with E-state index in [2.05, 4.69) is 0 Å². The third-order valence-corrected chi connectivity index (χ3v) is 2.69. The first-order valence-electron chi connectivity index (χ1n) is 4.30. The highest BCUT2D eigenvalue weighted by atomic mass is 16.6. The fourth-order valence-electron chi connectivity index (χ4n) is 1.92. The first-order valence-corrected chi connectivity index (χ1v) is 4.30. The lowest BCUT2D eigenvalue weighted by Crippen LogP contribution is -2.32. The third-order valence-electron chi connectivity index (χ3n) is 2.69. The molecule has 2 rings (SSSR count). The fraction of sp³-hybridized carbons (Fsp3) is 0.750. The molecule has 0 aromatic carbocycles. The van der Waals surface area contributed by atoms with E-state index in [4.69, 9.17) is 19.7 Å². The van der Waals surface area contributed by atoms with Crippen molar-refractivity contribution in [3.05, 3.63) is 0 Å². The lowest BCUT2D eigenvalue weighted by Gasteiger charge is -2.11. The number of fused-ring (bicyclic) bond motifs is 1. The third kappa shape index (κ3) is 1.27. The Morgan fingerprint density at radius 1 is 0.929 bits per heavy atom. The van der Waals surface area contributed by atoms with Crippen molar-refractivity contribution in [2.24, 2.45) is 11.8 Å². The van der Waals surface area contributed by atoms with E-state index in [-0.39, 0.29) is 13.2 Å². The number of carboxylic acid groups (broad SMARTS) is 2. The quantitative estimate of drug-likeness (QED) is 0.608. The molecule has 0 aromatic heterocycles. The van der Waals surface area contributed by atoms with Crippen LogP contribution in [0.3, 0.4) is 0 Å². The summed E-state index contributed by atoms with van der Waals surface area (Å²) in [7, 11) is 0. The van der Waals surface area contributed by atoms with E-state index in [1.165, 1.54) is 0 Å². The Morgan fingerprint density at radius 2 is 1.29 bits per heavy atom. The molecule has 2 aliphatic heterocycles. The first kappa shape index (κ1) is 9.42. The van der Waals surface area contributed by atoms with E-state index in [0.29, 0.717) is 0 Å². The van der Waals surface area contributed by atoms with Gasteiger partial charge in [-0.15, -0.1) is 0 Å². The molecule has 2 N–H and O–H groups in total. The van der Waals surface area contributed by atoms with Crippen molar-refractivity contribution in [2.75, 3.05) is 13.2 Å². The summed E-state index contributed by atoms with van der Waals surface area (Å²) < 4.78 is 10.3. The highest BCUT2D eigenvalue weighted by molar-refractivity contribution is 5.74. The van der Waals surface area contributed by atoms with Crippen LogP contribution < -0.4 is 0 Å². The van der Waals surface area contributed by atoms with Crippen LogP contribution in [0.15, 0.2) is 0 Å². The number of hydrogen-bond donors (Lipinski definition) is 2. The van der Waals surface area contributed by atoms with E-state index in [1.807, 2.05) is 0 Å². The van der Waals surface area contributed by atoms with Gasteiger partial charge in [-0.3, -0.25) is 9.59 Å². The zero-order chi connectivity index (χ0) is 10.3. The van der Waals surface area contributed by atoms with Gasteiger partial charge >= 0.3 is 11.9 Å². The van der Waals surface area contributed by atoms with Crippen molar-refractivity contribution in [3.63, 3.8) is 0 Å². The first-order chi connectivity index (χ1) is 6.61. The summed E-state index contributed by atoms with van der Waals surface area (Å²) in [5, 5.41) is 17.6. The van der Waals surface area contributed by atoms with Crippen LogP contribution in [-0.4, -0.2) is 47.6 Å². The molecular weight excluding hydrogens is 192 g/mol. The molecule has 14 heavy (non-hydrogen) atoms. The van der Waals surface area contributed by atoms with Crippen molar-refractivity contribution < 1.29 is 29.3 Å². The normalized spacial score (nSPS) is 40.9. The van der Waals surface area contributed by atoms with Gasteiger partial charge in [0.1, 0.15) is 24.0 Å². The lowest BCUT2D eigenvalue weighted by atomic mass is 9.97. The van der Waals surface area contributed by atoms with Gasteiger partial charge < -0.3 is 19.7 Å². The van der Waals surface area contributed by atoms with Crippen LogP contribution in [-0.2, 0) is 19.1 Å². The maximum absolute atomic E-state index is 10.7. The average molecular weight is 202 g/mol. The Balaban J connectivity index is 2.11. The minimum absolute atomic E-state index is 0.0362. The van der Waals surface area contributed by atoms with Crippen LogP contribution in [0.4, 0.5) is 0 Å². The molecule has 3 unspecified atom stereocenters. The van der Waals surface area contributed by atoms with Crippen molar-refractivity contribution >= 4 is 11.9 Å². The molecule has 2 fully saturated rings. The van der Waals surface area contributed by atoms with Gasteiger partial charge in [-0.1, -0.05) is 0 Å². The van der Waals surface area contributed by atoms with E-state index >= 15 is 0 Å². The van der Waals surface area contributed by atoms with Crippen LogP contribution >= 0.6 is 0 Å². The average Bonchev–Trinajstić information content (AvgIpc) is 2.59. The molecule has 2 saturated heterocycles. The Hall–Kier alpha value is -1.14. The molecule has 0 spiro atoms. The van der Waals surface area contributed by atoms with Crippen LogP contribution in [0.2, 0.25) is 0 Å². The zero-order valence-electron chi connectivity index (χ0n) is 7.25. The van der Waals surface area contributed by atoms with E-state index in [9.17, 15) is 9.59 Å². The van der Waals surface area contributed by atoms with Crippen LogP contribution in [0.5, 0.6) is 0 Å². The van der Waals surface area contributed by atoms with Gasteiger partial charge in [0.15, 0.2) is 0 Å². The molecule has 78 valence electrons. The molecule has 2 aliphatic rings. The van der Waals surface area contributed by atoms with Crippen LogP contribution in [0.1, 0.15) is 0 Å². The van der Waals surface area contributed by atoms with Gasteiger partial charge in [0.25, 0.3) is 0 Å². The monoisotopic (exact) mass is 202 g/mol. The van der Waals surface area contributed by atoms with Crippen molar-refractivity contribution in [1.29, 1.82) is 0 Å². The molecule has 6 heteroatoms. The SMILES string of the molecule is O=C(O)C1CO[C@@H]2C(C(=O)O)COC12. The van der Waals surface area contributed by atoms with E-state index in [1.54, 1.807) is 0 Å². The van der Waals surface area contributed by atoms with Gasteiger partial charge in [-0.05, 0) is 0 Å². The van der Waals surface area contributed by atoms with Gasteiger partial charge in [0, 0.05) is 0 Å². The van der Waals surface area contributed by atoms with Gasteiger partial charge in [-0.25, -0.2) is 0 Å². The van der Waals surface area contributed by atoms with Gasteiger partial charge in [0.2, 0.25) is 0 Å². The second-order valence-corrected chi connectivity index (χ2v) is 3.49. The molecule has 6 nitrogen and oxygen atoms in total. The number of carbonyl (C=O) groups is 2. The summed E-state index contributed by atoms with van der Waals surface area (Å²) in [6.45, 7) is 0.0723. The Labute approximate surface area is 79.4 Å². The number of carboxylic acids is 2. The molecule has 0 bridgehead atoms. The number of hydrogen-bond acceptors (Lipinski definition) is 4. The zero-order valence-corrected chi connectivity index (χ0v) is 7.25. The fourth-order valence-corrected chi connectivity index (χ4v) is 1.92. The minimum atomic E-state index is -0.997. The molecule has 2 heterocycles. The summed E-state index contributed by atoms with van der Waals surface area (Å²) in [6, 6.07) is 0. The Bertz CT molecular complexity index is 247. The van der Waals surface area contributed by atoms with Crippen LogP contribution in [0, 0.1) is 11.8 Å². The largest absolute Gasteiger partial charge is 0.481 e. The van der Waals surface area contributed by atoms with E-state index < -0.39 is 36.0 Å². The van der Waals surface area contributed by atoms with Gasteiger partial charge in [-0.2, -0.15) is 0 Å². The molecule has 0 saturated carbocycles. The predicted molar refractivity (Wildman–Crippen MR) is 41.7 cm³/mol. The number of ether oxygens (including phenoxy) is 2. The summed E-state index contributed by atoms with van der Waals surface area (Å²) >= 11 is 0. The smallest absolute Gasteiger partial charge is 0.311 e. The van der Waals surface area contributed by atoms with Crippen LogP contribution in [0.25, 0.3) is 0 Å². The number of aliphatic carboxylic acids is 2. The standard InChI is InChI=1S/C8H10O6/c9-7(10)3-1-13-6-4(8(11)12)2-14-5(3)6/h3-6H,1-2H2,(H,9,10)(H,11,12)/t3?,4?,5-,6?/m1/s1. The van der Waals surface area contributed by atoms with Crippen molar-refractivity contribution in [3.8, 4) is 0 Å². The Morgan fingerprint density at radius 3 is 1.57 bits per heavy atom. The molecule has 4 atom stereocenters. The predicted octanol–water partition coefficient (Wildman–Crippen LogP) is -0.814. The molecular formula is C8H10O6. The topological polar surface area (TPSA) is 93.1 Å². The summed E-state index contributed by atoms with van der Waals surface area (Å²) in [6.07, 6.45) is -1.21. The Kier molecular flexibility index (Phi) is 2.16. The maximum atomic E-state index is 10.7. The molecule has 0 radical (unpaired) electrons. The lowest BCUT2D eigenvalue weighted by molar-refractivity contribution is -0.145. The molecule has 0 aliphatic carbocycles. The summed E-state index contributed by atoms with van der Waals surface area (Å²) in [5.74, 6) is -3.46. The molecule has 0 aromatic rings. The summed E-state index contributed by atoms with van der Waals surface area (Å²) in [4.78, 5) is 21.4. The second kappa shape index (κ2) is 3.21. The van der Waals surface area contributed by atoms with E-state index in [0.717, 1.165) is 0 Å². The van der Waals surface area contributed by atoms with Crippen molar-refractivity contribution in [2.45, 2.75) is 12.2 Å². The minimum Gasteiger partial charge on any atom is -0.481 e.